The molecule has 11 heteroatoms. The van der Waals surface area contributed by atoms with Crippen molar-refractivity contribution in [2.75, 3.05) is 45.9 Å². The highest BCUT2D eigenvalue weighted by atomic mass is 32.2. The third-order valence-electron chi connectivity index (χ3n) is 8.76. The number of aliphatic hydroxyl groups is 2. The summed E-state index contributed by atoms with van der Waals surface area (Å²) in [6.07, 6.45) is -0.255. The predicted octanol–water partition coefficient (Wildman–Crippen LogP) is 6.69. The van der Waals surface area contributed by atoms with Crippen molar-refractivity contribution in [3.63, 3.8) is 0 Å². The Morgan fingerprint density at radius 2 is 1.25 bits per heavy atom. The third kappa shape index (κ3) is 12.5. The molecular formula is C42H48O10S. The normalized spacial score (nSPS) is 13.3. The van der Waals surface area contributed by atoms with Gasteiger partial charge in [0.15, 0.2) is 5.78 Å². The second-order valence-electron chi connectivity index (χ2n) is 12.7. The molecule has 0 bridgehead atoms. The van der Waals surface area contributed by atoms with E-state index in [2.05, 4.69) is 6.92 Å². The SMILES string of the molecule is COc1ccc(C(C)(CCC(=O)OCCOCCOC(=O)C(C)SCC(O)CO)c2ccc(Oc3ccc(C(=O)c4ccc(C)cc4)cc3)cc2)cc1. The zero-order valence-corrected chi connectivity index (χ0v) is 31.4. The summed E-state index contributed by atoms with van der Waals surface area (Å²) in [7, 11) is 1.61. The van der Waals surface area contributed by atoms with Gasteiger partial charge in [-0.05, 0) is 79.9 Å². The van der Waals surface area contributed by atoms with Crippen LogP contribution in [0.15, 0.2) is 97.1 Å². The number of aliphatic hydroxyl groups excluding tert-OH is 2. The Balaban J connectivity index is 1.29. The molecule has 0 amide bonds. The van der Waals surface area contributed by atoms with Crippen molar-refractivity contribution in [3.8, 4) is 17.2 Å². The molecule has 0 heterocycles. The van der Waals surface area contributed by atoms with E-state index < -0.39 is 22.7 Å². The maximum atomic E-state index is 12.9. The summed E-state index contributed by atoms with van der Waals surface area (Å²) in [5.74, 6) is 1.34. The predicted molar refractivity (Wildman–Crippen MR) is 204 cm³/mol. The molecule has 0 saturated heterocycles. The van der Waals surface area contributed by atoms with Gasteiger partial charge in [-0.15, -0.1) is 11.8 Å². The van der Waals surface area contributed by atoms with Crippen molar-refractivity contribution in [1.82, 2.24) is 0 Å². The number of ketones is 1. The van der Waals surface area contributed by atoms with Crippen LogP contribution in [0.2, 0.25) is 0 Å². The molecule has 0 aromatic heterocycles. The summed E-state index contributed by atoms with van der Waals surface area (Å²) in [5.41, 5.74) is 3.75. The molecule has 0 saturated carbocycles. The van der Waals surface area contributed by atoms with Gasteiger partial charge in [0.2, 0.25) is 0 Å². The van der Waals surface area contributed by atoms with Gasteiger partial charge in [-0.1, -0.05) is 61.0 Å². The number of carbonyl (C=O) groups excluding carboxylic acids is 3. The van der Waals surface area contributed by atoms with E-state index in [9.17, 15) is 19.5 Å². The lowest BCUT2D eigenvalue weighted by Crippen LogP contribution is -2.25. The topological polar surface area (TPSA) is 138 Å². The van der Waals surface area contributed by atoms with Crippen molar-refractivity contribution >= 4 is 29.5 Å². The zero-order chi connectivity index (χ0) is 38.2. The Morgan fingerprint density at radius 1 is 0.736 bits per heavy atom. The molecule has 282 valence electrons. The Bertz CT molecular complexity index is 1740. The van der Waals surface area contributed by atoms with Gasteiger partial charge in [-0.3, -0.25) is 14.4 Å². The molecule has 0 aliphatic carbocycles. The zero-order valence-electron chi connectivity index (χ0n) is 30.6. The molecule has 3 atom stereocenters. The fraction of sp³-hybridized carbons (Fsp3) is 0.357. The highest BCUT2D eigenvalue weighted by Crippen LogP contribution is 2.38. The van der Waals surface area contributed by atoms with Crippen LogP contribution < -0.4 is 9.47 Å². The first-order valence-electron chi connectivity index (χ1n) is 17.5. The molecule has 0 fully saturated rings. The quantitative estimate of drug-likeness (QED) is 0.0536. The van der Waals surface area contributed by atoms with E-state index in [4.69, 9.17) is 28.8 Å². The number of esters is 2. The van der Waals surface area contributed by atoms with Gasteiger partial charge in [-0.2, -0.15) is 0 Å². The number of hydrogen-bond acceptors (Lipinski definition) is 11. The molecule has 53 heavy (non-hydrogen) atoms. The van der Waals surface area contributed by atoms with E-state index in [1.165, 1.54) is 11.8 Å². The molecule has 4 aromatic carbocycles. The van der Waals surface area contributed by atoms with Gasteiger partial charge >= 0.3 is 11.9 Å². The van der Waals surface area contributed by atoms with Crippen molar-refractivity contribution < 1.29 is 48.3 Å². The molecule has 3 unspecified atom stereocenters. The Labute approximate surface area is 315 Å². The molecule has 0 aliphatic heterocycles. The average Bonchev–Trinajstić information content (AvgIpc) is 3.19. The summed E-state index contributed by atoms with van der Waals surface area (Å²) in [6.45, 7) is 5.78. The van der Waals surface area contributed by atoms with E-state index in [0.29, 0.717) is 29.0 Å². The molecule has 0 spiro atoms. The maximum absolute atomic E-state index is 12.9. The number of thioether (sulfide) groups is 1. The largest absolute Gasteiger partial charge is 0.497 e. The number of benzene rings is 4. The van der Waals surface area contributed by atoms with Crippen LogP contribution in [0.4, 0.5) is 0 Å². The molecule has 0 aliphatic rings. The summed E-state index contributed by atoms with van der Waals surface area (Å²) in [4.78, 5) is 37.7. The second-order valence-corrected chi connectivity index (χ2v) is 14.1. The Morgan fingerprint density at radius 3 is 1.79 bits per heavy atom. The molecule has 4 aromatic rings. The van der Waals surface area contributed by atoms with Crippen molar-refractivity contribution in [2.45, 2.75) is 50.4 Å². The van der Waals surface area contributed by atoms with Crippen LogP contribution in [0.25, 0.3) is 0 Å². The van der Waals surface area contributed by atoms with Gasteiger partial charge in [0.25, 0.3) is 0 Å². The lowest BCUT2D eigenvalue weighted by atomic mass is 9.73. The fourth-order valence-electron chi connectivity index (χ4n) is 5.42. The van der Waals surface area contributed by atoms with Crippen LogP contribution in [0.3, 0.4) is 0 Å². The second kappa shape index (κ2) is 20.5. The lowest BCUT2D eigenvalue weighted by Gasteiger charge is -2.31. The molecule has 0 radical (unpaired) electrons. The van der Waals surface area contributed by atoms with Crippen LogP contribution in [0.1, 0.15) is 59.3 Å². The van der Waals surface area contributed by atoms with Crippen molar-refractivity contribution in [3.05, 3.63) is 125 Å². The maximum Gasteiger partial charge on any atom is 0.318 e. The van der Waals surface area contributed by atoms with E-state index in [-0.39, 0.29) is 57.0 Å². The molecule has 10 nitrogen and oxygen atoms in total. The minimum absolute atomic E-state index is 0.0477. The van der Waals surface area contributed by atoms with Gasteiger partial charge in [0.1, 0.15) is 30.5 Å². The Hall–Kier alpha value is -4.68. The van der Waals surface area contributed by atoms with Crippen LogP contribution >= 0.6 is 11.8 Å². The van der Waals surface area contributed by atoms with Gasteiger partial charge in [0.05, 0.1) is 38.3 Å². The first-order chi connectivity index (χ1) is 25.5. The van der Waals surface area contributed by atoms with Crippen LogP contribution in [-0.2, 0) is 29.2 Å². The van der Waals surface area contributed by atoms with Gasteiger partial charge < -0.3 is 33.9 Å². The minimum atomic E-state index is -0.884. The molecule has 2 N–H and O–H groups in total. The summed E-state index contributed by atoms with van der Waals surface area (Å²) in [6, 6.07) is 30.1. The van der Waals surface area contributed by atoms with E-state index in [1.54, 1.807) is 38.3 Å². The first kappa shape index (κ1) is 41.1. The molecule has 4 rings (SSSR count). The van der Waals surface area contributed by atoms with Crippen LogP contribution in [0, 0.1) is 6.92 Å². The summed E-state index contributed by atoms with van der Waals surface area (Å²) < 4.78 is 27.5. The number of aryl methyl sites for hydroxylation is 1. The van der Waals surface area contributed by atoms with Crippen LogP contribution in [-0.4, -0.2) is 85.2 Å². The fourth-order valence-corrected chi connectivity index (χ4v) is 6.24. The number of carbonyl (C=O) groups is 3. The summed E-state index contributed by atoms with van der Waals surface area (Å²) >= 11 is 1.20. The number of methoxy groups -OCH3 is 1. The van der Waals surface area contributed by atoms with Crippen molar-refractivity contribution in [1.29, 1.82) is 0 Å². The lowest BCUT2D eigenvalue weighted by molar-refractivity contribution is -0.146. The highest BCUT2D eigenvalue weighted by molar-refractivity contribution is 8.00. The van der Waals surface area contributed by atoms with E-state index in [0.717, 1.165) is 22.4 Å². The standard InChI is InChI=1S/C42H48O10S/c1-29-5-7-31(8-6-29)40(46)32-9-15-37(16-10-32)52-38-19-13-34(14-20-38)42(3,33-11-17-36(48-4)18-12-33)22-21-39(45)50-25-23-49-24-26-51-41(47)30(2)53-28-35(44)27-43/h5-20,30,35,43-44H,21-28H2,1-4H3. The van der Waals surface area contributed by atoms with Crippen LogP contribution in [0.5, 0.6) is 17.2 Å². The highest BCUT2D eigenvalue weighted by Gasteiger charge is 2.30. The van der Waals surface area contributed by atoms with Gasteiger partial charge in [-0.25, -0.2) is 0 Å². The van der Waals surface area contributed by atoms with Crippen molar-refractivity contribution in [2.24, 2.45) is 0 Å². The first-order valence-corrected chi connectivity index (χ1v) is 18.5. The molecular weight excluding hydrogens is 697 g/mol. The average molecular weight is 745 g/mol. The minimum Gasteiger partial charge on any atom is -0.497 e. The number of rotatable bonds is 21. The van der Waals surface area contributed by atoms with Gasteiger partial charge in [0, 0.05) is 28.7 Å². The monoisotopic (exact) mass is 744 g/mol. The smallest absolute Gasteiger partial charge is 0.318 e. The number of hydrogen-bond donors (Lipinski definition) is 2. The number of ether oxygens (including phenoxy) is 5. The Kier molecular flexibility index (Phi) is 15.9. The van der Waals surface area contributed by atoms with E-state index >= 15 is 0 Å². The summed E-state index contributed by atoms with van der Waals surface area (Å²) in [5, 5.41) is 17.8. The van der Waals surface area contributed by atoms with E-state index in [1.807, 2.05) is 79.7 Å². The third-order valence-corrected chi connectivity index (χ3v) is 10.0.